The number of carbonyl (C=O) groups excluding carboxylic acids is 1. The lowest BCUT2D eigenvalue weighted by Crippen LogP contribution is -2.29. The van der Waals surface area contributed by atoms with Gasteiger partial charge in [0.2, 0.25) is 6.20 Å². The van der Waals surface area contributed by atoms with E-state index in [-0.39, 0.29) is 39.4 Å². The molecule has 0 aliphatic carbocycles. The summed E-state index contributed by atoms with van der Waals surface area (Å²) in [4.78, 5) is 14.0. The van der Waals surface area contributed by atoms with Crippen LogP contribution < -0.4 is 9.47 Å². The van der Waals surface area contributed by atoms with Gasteiger partial charge in [0.1, 0.15) is 17.3 Å². The topological polar surface area (TPSA) is 108 Å². The molecular formula is C19H14BrF3N4O5S. The summed E-state index contributed by atoms with van der Waals surface area (Å²) >= 11 is 3.14. The Morgan fingerprint density at radius 3 is 2.64 bits per heavy atom. The van der Waals surface area contributed by atoms with Crippen molar-refractivity contribution < 1.29 is 35.9 Å². The summed E-state index contributed by atoms with van der Waals surface area (Å²) in [5.41, 5.74) is 0.473. The van der Waals surface area contributed by atoms with Crippen molar-refractivity contribution in [2.45, 2.75) is 6.36 Å². The van der Waals surface area contributed by atoms with Gasteiger partial charge in [0.15, 0.2) is 21.7 Å². The van der Waals surface area contributed by atoms with Gasteiger partial charge in [-0.3, -0.25) is 4.79 Å². The molecule has 1 amide bonds. The minimum absolute atomic E-state index is 0.00425. The molecule has 2 aromatic heterocycles. The van der Waals surface area contributed by atoms with Crippen LogP contribution in [0.1, 0.15) is 10.5 Å². The lowest BCUT2D eigenvalue weighted by Gasteiger charge is -2.12. The Bertz CT molecular complexity index is 1340. The molecule has 14 heteroatoms. The molecule has 0 radical (unpaired) electrons. The highest BCUT2D eigenvalue weighted by Gasteiger charge is 2.33. The average Bonchev–Trinajstić information content (AvgIpc) is 3.29. The molecular weight excluding hydrogens is 533 g/mol. The highest BCUT2D eigenvalue weighted by Crippen LogP contribution is 2.33. The van der Waals surface area contributed by atoms with E-state index in [4.69, 9.17) is 0 Å². The number of ether oxygens (including phenoxy) is 1. The average molecular weight is 547 g/mol. The van der Waals surface area contributed by atoms with Gasteiger partial charge in [-0.15, -0.1) is 13.2 Å². The van der Waals surface area contributed by atoms with Crippen molar-refractivity contribution in [2.75, 3.05) is 18.2 Å². The summed E-state index contributed by atoms with van der Waals surface area (Å²) in [6.07, 6.45) is -2.54. The summed E-state index contributed by atoms with van der Waals surface area (Å²) in [6, 6.07) is 7.97. The molecule has 4 rings (SSSR count). The predicted octanol–water partition coefficient (Wildman–Crippen LogP) is 2.66. The number of hydrogen-bond donors (Lipinski definition) is 0. The smallest absolute Gasteiger partial charge is 0.573 e. The third-order valence-corrected chi connectivity index (χ3v) is 6.61. The van der Waals surface area contributed by atoms with Crippen LogP contribution in [0.25, 0.3) is 16.9 Å². The molecule has 0 unspecified atom stereocenters. The van der Waals surface area contributed by atoms with Gasteiger partial charge in [0.25, 0.3) is 5.91 Å². The van der Waals surface area contributed by atoms with E-state index >= 15 is 0 Å². The van der Waals surface area contributed by atoms with Crippen LogP contribution in [0, 0.1) is 5.21 Å². The number of halogens is 4. The quantitative estimate of drug-likeness (QED) is 0.367. The standard InChI is InChI=1S/C19H14BrF3N4O5S/c20-13-6-12(7-15(8-13)32-19(21,22)23)17-9-16(18(28)25-4-5-33(30,31)11-25)24-27(17)14-2-1-3-26(29)10-14/h1-3,6-10H,4-5,11H2. The zero-order valence-corrected chi connectivity index (χ0v) is 18.9. The van der Waals surface area contributed by atoms with Crippen molar-refractivity contribution in [1.82, 2.24) is 14.7 Å². The van der Waals surface area contributed by atoms with E-state index < -0.39 is 33.7 Å². The van der Waals surface area contributed by atoms with Gasteiger partial charge >= 0.3 is 6.36 Å². The molecule has 1 aliphatic heterocycles. The summed E-state index contributed by atoms with van der Waals surface area (Å²) in [5, 5.41) is 16.0. The lowest BCUT2D eigenvalue weighted by molar-refractivity contribution is -0.605. The number of aromatic nitrogens is 3. The van der Waals surface area contributed by atoms with Gasteiger partial charge in [-0.1, -0.05) is 15.9 Å². The Kier molecular flexibility index (Phi) is 5.82. The number of alkyl halides is 3. The SMILES string of the molecule is O=C(c1cc(-c2cc(Br)cc(OC(F)(F)F)c2)n(-c2ccc[n+]([O-])c2)n1)N1CCS(=O)(=O)C1. The zero-order chi connectivity index (χ0) is 24.0. The van der Waals surface area contributed by atoms with Crippen LogP contribution in [-0.2, 0) is 9.84 Å². The normalized spacial score (nSPS) is 15.6. The van der Waals surface area contributed by atoms with Gasteiger partial charge < -0.3 is 14.8 Å². The highest BCUT2D eigenvalue weighted by molar-refractivity contribution is 9.10. The second-order valence-electron chi connectivity index (χ2n) is 7.12. The fourth-order valence-corrected chi connectivity index (χ4v) is 5.12. The first-order valence-corrected chi connectivity index (χ1v) is 11.9. The molecule has 0 atom stereocenters. The summed E-state index contributed by atoms with van der Waals surface area (Å²) < 4.78 is 67.7. The van der Waals surface area contributed by atoms with E-state index in [0.29, 0.717) is 4.73 Å². The summed E-state index contributed by atoms with van der Waals surface area (Å²) in [6.45, 7) is -0.00425. The molecule has 174 valence electrons. The van der Waals surface area contributed by atoms with E-state index in [1.165, 1.54) is 35.1 Å². The Hall–Kier alpha value is -3.13. The Morgan fingerprint density at radius 1 is 1.24 bits per heavy atom. The number of nitrogens with zero attached hydrogens (tertiary/aromatic N) is 4. The van der Waals surface area contributed by atoms with Crippen molar-refractivity contribution in [3.8, 4) is 22.7 Å². The lowest BCUT2D eigenvalue weighted by atomic mass is 10.1. The van der Waals surface area contributed by atoms with Crippen LogP contribution in [0.15, 0.2) is 53.3 Å². The Balaban J connectivity index is 1.83. The summed E-state index contributed by atoms with van der Waals surface area (Å²) in [7, 11) is -3.39. The molecule has 1 saturated heterocycles. The number of pyridine rings is 1. The predicted molar refractivity (Wildman–Crippen MR) is 112 cm³/mol. The molecule has 0 N–H and O–H groups in total. The van der Waals surface area contributed by atoms with Gasteiger partial charge in [-0.25, -0.2) is 13.1 Å². The second-order valence-corrected chi connectivity index (χ2v) is 10.2. The number of benzene rings is 1. The zero-order valence-electron chi connectivity index (χ0n) is 16.5. The molecule has 3 aromatic rings. The number of carbonyl (C=O) groups is 1. The highest BCUT2D eigenvalue weighted by atomic mass is 79.9. The van der Waals surface area contributed by atoms with Crippen molar-refractivity contribution >= 4 is 31.7 Å². The van der Waals surface area contributed by atoms with Gasteiger partial charge in [-0.05, 0) is 30.3 Å². The van der Waals surface area contributed by atoms with Crippen LogP contribution in [-0.4, -0.2) is 53.5 Å². The van der Waals surface area contributed by atoms with Gasteiger partial charge in [0.05, 0.1) is 11.4 Å². The van der Waals surface area contributed by atoms with Crippen molar-refractivity contribution in [3.63, 3.8) is 0 Å². The van der Waals surface area contributed by atoms with Crippen LogP contribution in [0.4, 0.5) is 13.2 Å². The van der Waals surface area contributed by atoms with Crippen LogP contribution in [0.3, 0.4) is 0 Å². The largest absolute Gasteiger partial charge is 0.619 e. The fourth-order valence-electron chi connectivity index (χ4n) is 3.30. The number of sulfone groups is 1. The second kappa shape index (κ2) is 8.33. The Morgan fingerprint density at radius 2 is 2.00 bits per heavy atom. The molecule has 1 aromatic carbocycles. The van der Waals surface area contributed by atoms with E-state index in [2.05, 4.69) is 25.8 Å². The third-order valence-electron chi connectivity index (χ3n) is 4.65. The maximum Gasteiger partial charge on any atom is 0.573 e. The minimum Gasteiger partial charge on any atom is -0.619 e. The molecule has 1 fully saturated rings. The monoisotopic (exact) mass is 546 g/mol. The first kappa shape index (κ1) is 23.0. The summed E-state index contributed by atoms with van der Waals surface area (Å²) in [5.74, 6) is -1.81. The first-order chi connectivity index (χ1) is 15.4. The van der Waals surface area contributed by atoms with Gasteiger partial charge in [-0.2, -0.15) is 9.83 Å². The molecule has 1 aliphatic rings. The Labute approximate surface area is 193 Å². The van der Waals surface area contributed by atoms with E-state index in [1.54, 1.807) is 0 Å². The molecule has 33 heavy (non-hydrogen) atoms. The number of amides is 1. The number of hydrogen-bond acceptors (Lipinski definition) is 6. The van der Waals surface area contributed by atoms with Crippen LogP contribution in [0.5, 0.6) is 5.75 Å². The fraction of sp³-hybridized carbons (Fsp3) is 0.211. The van der Waals surface area contributed by atoms with E-state index in [1.807, 2.05) is 0 Å². The first-order valence-electron chi connectivity index (χ1n) is 9.26. The third kappa shape index (κ3) is 5.27. The van der Waals surface area contributed by atoms with Crippen molar-refractivity contribution in [2.24, 2.45) is 0 Å². The van der Waals surface area contributed by atoms with Crippen molar-refractivity contribution in [1.29, 1.82) is 0 Å². The molecule has 0 spiro atoms. The molecule has 0 bridgehead atoms. The molecule has 3 heterocycles. The van der Waals surface area contributed by atoms with Gasteiger partial charge in [0, 0.05) is 22.6 Å². The maximum atomic E-state index is 12.9. The maximum absolute atomic E-state index is 12.9. The van der Waals surface area contributed by atoms with E-state index in [9.17, 15) is 31.6 Å². The van der Waals surface area contributed by atoms with Crippen LogP contribution >= 0.6 is 15.9 Å². The molecule has 0 saturated carbocycles. The molecule has 9 nitrogen and oxygen atoms in total. The van der Waals surface area contributed by atoms with E-state index in [0.717, 1.165) is 23.2 Å². The number of rotatable bonds is 4. The minimum atomic E-state index is -4.92. The van der Waals surface area contributed by atoms with Crippen molar-refractivity contribution in [3.05, 3.63) is 64.2 Å². The van der Waals surface area contributed by atoms with Crippen LogP contribution in [0.2, 0.25) is 0 Å².